The Labute approximate surface area is 91.4 Å². The number of hydrogen-bond donors (Lipinski definition) is 2. The van der Waals surface area contributed by atoms with Crippen LogP contribution in [0.3, 0.4) is 0 Å². The van der Waals surface area contributed by atoms with Gasteiger partial charge in [-0.3, -0.25) is 4.99 Å². The molecule has 1 aliphatic carbocycles. The first-order valence-corrected chi connectivity index (χ1v) is 5.91. The van der Waals surface area contributed by atoms with Gasteiger partial charge in [-0.2, -0.15) is 0 Å². The van der Waals surface area contributed by atoms with E-state index >= 15 is 0 Å². The third-order valence-electron chi connectivity index (χ3n) is 3.48. The third kappa shape index (κ3) is 2.43. The van der Waals surface area contributed by atoms with Crippen molar-refractivity contribution in [2.75, 3.05) is 26.7 Å². The van der Waals surface area contributed by atoms with Crippen LogP contribution in [0.25, 0.3) is 0 Å². The molecule has 0 radical (unpaired) electrons. The van der Waals surface area contributed by atoms with Crippen molar-refractivity contribution in [3.05, 3.63) is 0 Å². The van der Waals surface area contributed by atoms with Gasteiger partial charge in [0.05, 0.1) is 5.60 Å². The van der Waals surface area contributed by atoms with Crippen LogP contribution in [0, 0.1) is 0 Å². The summed E-state index contributed by atoms with van der Waals surface area (Å²) in [4.78, 5) is 6.52. The standard InChI is InChI=1S/C11H21N3O/c1-12-10(14-7-2-3-8-14)13-9-11(15)5-4-6-11/h15H,2-9H2,1H3,(H,12,13). The zero-order chi connectivity index (χ0) is 10.7. The summed E-state index contributed by atoms with van der Waals surface area (Å²) in [6, 6.07) is 0. The van der Waals surface area contributed by atoms with Crippen molar-refractivity contribution in [3.8, 4) is 0 Å². The van der Waals surface area contributed by atoms with Crippen LogP contribution >= 0.6 is 0 Å². The molecule has 1 aliphatic heterocycles. The summed E-state index contributed by atoms with van der Waals surface area (Å²) in [5.41, 5.74) is -0.463. The predicted molar refractivity (Wildman–Crippen MR) is 61.0 cm³/mol. The highest BCUT2D eigenvalue weighted by molar-refractivity contribution is 5.80. The second-order valence-corrected chi connectivity index (χ2v) is 4.67. The summed E-state index contributed by atoms with van der Waals surface area (Å²) >= 11 is 0. The third-order valence-corrected chi connectivity index (χ3v) is 3.48. The van der Waals surface area contributed by atoms with Gasteiger partial charge in [0.1, 0.15) is 0 Å². The molecule has 2 fully saturated rings. The van der Waals surface area contributed by atoms with E-state index in [2.05, 4.69) is 15.2 Å². The maximum absolute atomic E-state index is 9.96. The van der Waals surface area contributed by atoms with Crippen molar-refractivity contribution in [1.29, 1.82) is 0 Å². The Hall–Kier alpha value is -0.770. The van der Waals surface area contributed by atoms with Crippen molar-refractivity contribution in [2.24, 2.45) is 4.99 Å². The molecule has 86 valence electrons. The zero-order valence-corrected chi connectivity index (χ0v) is 9.50. The lowest BCUT2D eigenvalue weighted by molar-refractivity contribution is -0.0282. The molecule has 4 heteroatoms. The molecule has 0 aromatic heterocycles. The highest BCUT2D eigenvalue weighted by atomic mass is 16.3. The van der Waals surface area contributed by atoms with E-state index in [1.54, 1.807) is 0 Å². The monoisotopic (exact) mass is 211 g/mol. The van der Waals surface area contributed by atoms with E-state index in [0.29, 0.717) is 6.54 Å². The Bertz CT molecular complexity index is 242. The van der Waals surface area contributed by atoms with Gasteiger partial charge in [0.25, 0.3) is 0 Å². The van der Waals surface area contributed by atoms with Crippen LogP contribution in [-0.4, -0.2) is 48.2 Å². The number of aliphatic imine (C=N–C) groups is 1. The van der Waals surface area contributed by atoms with Gasteiger partial charge in [-0.25, -0.2) is 0 Å². The summed E-state index contributed by atoms with van der Waals surface area (Å²) in [7, 11) is 1.81. The van der Waals surface area contributed by atoms with E-state index in [1.165, 1.54) is 12.8 Å². The van der Waals surface area contributed by atoms with Crippen molar-refractivity contribution in [3.63, 3.8) is 0 Å². The SMILES string of the molecule is CN=C(NCC1(O)CCC1)N1CCCC1. The summed E-state index contributed by atoms with van der Waals surface area (Å²) in [6.45, 7) is 2.84. The summed E-state index contributed by atoms with van der Waals surface area (Å²) in [5, 5.41) is 13.2. The maximum Gasteiger partial charge on any atom is 0.193 e. The quantitative estimate of drug-likeness (QED) is 0.518. The van der Waals surface area contributed by atoms with Crippen LogP contribution in [0.1, 0.15) is 32.1 Å². The first-order valence-electron chi connectivity index (χ1n) is 5.91. The molecule has 0 unspecified atom stereocenters. The van der Waals surface area contributed by atoms with Gasteiger partial charge in [-0.15, -0.1) is 0 Å². The van der Waals surface area contributed by atoms with Crippen molar-refractivity contribution in [2.45, 2.75) is 37.7 Å². The second-order valence-electron chi connectivity index (χ2n) is 4.67. The van der Waals surface area contributed by atoms with Crippen LogP contribution in [0.4, 0.5) is 0 Å². The van der Waals surface area contributed by atoms with Gasteiger partial charge in [0.2, 0.25) is 0 Å². The Morgan fingerprint density at radius 1 is 1.33 bits per heavy atom. The lowest BCUT2D eigenvalue weighted by Gasteiger charge is -2.37. The molecule has 0 spiro atoms. The van der Waals surface area contributed by atoms with Crippen LogP contribution in [0.5, 0.6) is 0 Å². The van der Waals surface area contributed by atoms with Crippen molar-refractivity contribution < 1.29 is 5.11 Å². The van der Waals surface area contributed by atoms with Crippen molar-refractivity contribution >= 4 is 5.96 Å². The lowest BCUT2D eigenvalue weighted by Crippen LogP contribution is -2.51. The minimum atomic E-state index is -0.463. The number of aliphatic hydroxyl groups is 1. The largest absolute Gasteiger partial charge is 0.388 e. The summed E-state index contributed by atoms with van der Waals surface area (Å²) in [5.74, 6) is 0.952. The fourth-order valence-electron chi connectivity index (χ4n) is 2.27. The number of hydrogen-bond acceptors (Lipinski definition) is 2. The van der Waals surface area contributed by atoms with E-state index in [4.69, 9.17) is 0 Å². The molecule has 4 nitrogen and oxygen atoms in total. The fourth-order valence-corrected chi connectivity index (χ4v) is 2.27. The number of nitrogens with one attached hydrogen (secondary N) is 1. The average molecular weight is 211 g/mol. The molecule has 2 rings (SSSR count). The molecule has 1 heterocycles. The summed E-state index contributed by atoms with van der Waals surface area (Å²) < 4.78 is 0. The van der Waals surface area contributed by atoms with Crippen LogP contribution in [0.15, 0.2) is 4.99 Å². The van der Waals surface area contributed by atoms with E-state index in [0.717, 1.165) is 38.3 Å². The predicted octanol–water partition coefficient (Wildman–Crippen LogP) is 0.573. The van der Waals surface area contributed by atoms with Gasteiger partial charge in [-0.05, 0) is 32.1 Å². The Balaban J connectivity index is 1.80. The van der Waals surface area contributed by atoms with Crippen LogP contribution in [0.2, 0.25) is 0 Å². The van der Waals surface area contributed by atoms with Gasteiger partial charge < -0.3 is 15.3 Å². The highest BCUT2D eigenvalue weighted by Crippen LogP contribution is 2.30. The molecule has 0 aromatic carbocycles. The number of likely N-dealkylation sites (tertiary alicyclic amines) is 1. The zero-order valence-electron chi connectivity index (χ0n) is 9.50. The molecular weight excluding hydrogens is 190 g/mol. The van der Waals surface area contributed by atoms with Crippen LogP contribution < -0.4 is 5.32 Å². The van der Waals surface area contributed by atoms with E-state index in [1.807, 2.05) is 7.05 Å². The topological polar surface area (TPSA) is 47.9 Å². The first kappa shape index (κ1) is 10.7. The molecule has 0 bridgehead atoms. The lowest BCUT2D eigenvalue weighted by atomic mass is 9.80. The Kier molecular flexibility index (Phi) is 3.14. The maximum atomic E-state index is 9.96. The van der Waals surface area contributed by atoms with Crippen molar-refractivity contribution in [1.82, 2.24) is 10.2 Å². The number of rotatable bonds is 2. The van der Waals surface area contributed by atoms with Gasteiger partial charge >= 0.3 is 0 Å². The normalized spacial score (nSPS) is 25.2. The smallest absolute Gasteiger partial charge is 0.193 e. The highest BCUT2D eigenvalue weighted by Gasteiger charge is 2.34. The van der Waals surface area contributed by atoms with Gasteiger partial charge in [0.15, 0.2) is 5.96 Å². The van der Waals surface area contributed by atoms with E-state index in [9.17, 15) is 5.11 Å². The molecule has 1 saturated heterocycles. The molecule has 0 atom stereocenters. The van der Waals surface area contributed by atoms with Gasteiger partial charge in [-0.1, -0.05) is 0 Å². The van der Waals surface area contributed by atoms with Gasteiger partial charge in [0, 0.05) is 26.7 Å². The molecule has 1 saturated carbocycles. The minimum absolute atomic E-state index is 0.463. The summed E-state index contributed by atoms with van der Waals surface area (Å²) in [6.07, 6.45) is 5.52. The number of guanidine groups is 1. The van der Waals surface area contributed by atoms with E-state index < -0.39 is 5.60 Å². The number of nitrogens with zero attached hydrogens (tertiary/aromatic N) is 2. The fraction of sp³-hybridized carbons (Fsp3) is 0.909. The molecule has 2 aliphatic rings. The van der Waals surface area contributed by atoms with Crippen LogP contribution in [-0.2, 0) is 0 Å². The molecule has 0 aromatic rings. The second kappa shape index (κ2) is 4.39. The molecule has 15 heavy (non-hydrogen) atoms. The minimum Gasteiger partial charge on any atom is -0.388 e. The Morgan fingerprint density at radius 3 is 2.47 bits per heavy atom. The average Bonchev–Trinajstić information content (AvgIpc) is 2.69. The first-order chi connectivity index (χ1) is 7.23. The molecule has 2 N–H and O–H groups in total. The molecular formula is C11H21N3O. The molecule has 0 amide bonds. The Morgan fingerprint density at radius 2 is 2.00 bits per heavy atom. The van der Waals surface area contributed by atoms with E-state index in [-0.39, 0.29) is 0 Å².